The van der Waals surface area contributed by atoms with E-state index in [9.17, 15) is 4.79 Å². The molecule has 19 heavy (non-hydrogen) atoms. The molecule has 4 heteroatoms. The van der Waals surface area contributed by atoms with Crippen LogP contribution < -0.4 is 15.8 Å². The normalized spacial score (nSPS) is 12.3. The Balaban J connectivity index is 2.49. The Morgan fingerprint density at radius 3 is 2.42 bits per heavy atom. The maximum Gasteiger partial charge on any atom is 0.224 e. The molecule has 0 aliphatic rings. The second-order valence-corrected chi connectivity index (χ2v) is 4.88. The van der Waals surface area contributed by atoms with Crippen LogP contribution in [-0.2, 0) is 11.3 Å². The molecule has 1 amide bonds. The molecule has 0 aliphatic heterocycles. The first-order valence-electron chi connectivity index (χ1n) is 6.78. The lowest BCUT2D eigenvalue weighted by Crippen LogP contribution is -2.37. The summed E-state index contributed by atoms with van der Waals surface area (Å²) in [5.74, 6) is 0.999. The van der Waals surface area contributed by atoms with Gasteiger partial charge in [0.1, 0.15) is 5.75 Å². The lowest BCUT2D eigenvalue weighted by atomic mass is 9.95. The molecule has 106 valence electrons. The first-order chi connectivity index (χ1) is 9.08. The van der Waals surface area contributed by atoms with E-state index >= 15 is 0 Å². The van der Waals surface area contributed by atoms with Gasteiger partial charge in [0.05, 0.1) is 12.5 Å². The summed E-state index contributed by atoms with van der Waals surface area (Å²) in [6.07, 6.45) is 0. The summed E-state index contributed by atoms with van der Waals surface area (Å²) in [6.45, 7) is 7.53. The summed E-state index contributed by atoms with van der Waals surface area (Å²) in [7, 11) is 0. The number of ether oxygens (including phenoxy) is 1. The van der Waals surface area contributed by atoms with Crippen molar-refractivity contribution in [2.75, 3.05) is 13.2 Å². The molecule has 1 rings (SSSR count). The Bertz CT molecular complexity index is 388. The smallest absolute Gasteiger partial charge is 0.224 e. The Hall–Kier alpha value is -1.55. The SMILES string of the molecule is CCOc1ccc(CNC(=O)C(CN)C(C)C)cc1. The molecule has 0 fully saturated rings. The average Bonchev–Trinajstić information content (AvgIpc) is 2.38. The lowest BCUT2D eigenvalue weighted by molar-refractivity contribution is -0.126. The Morgan fingerprint density at radius 2 is 1.95 bits per heavy atom. The van der Waals surface area contributed by atoms with Gasteiger partial charge in [-0.25, -0.2) is 0 Å². The molecule has 1 atom stereocenters. The molecule has 1 aromatic carbocycles. The predicted octanol–water partition coefficient (Wildman–Crippen LogP) is 1.93. The molecule has 1 unspecified atom stereocenters. The van der Waals surface area contributed by atoms with Crippen molar-refractivity contribution >= 4 is 5.91 Å². The van der Waals surface area contributed by atoms with Crippen molar-refractivity contribution in [3.8, 4) is 5.75 Å². The van der Waals surface area contributed by atoms with Crippen LogP contribution in [0.2, 0.25) is 0 Å². The summed E-state index contributed by atoms with van der Waals surface area (Å²) >= 11 is 0. The molecule has 0 radical (unpaired) electrons. The van der Waals surface area contributed by atoms with Gasteiger partial charge in [0.2, 0.25) is 5.91 Å². The van der Waals surface area contributed by atoms with Crippen molar-refractivity contribution in [1.29, 1.82) is 0 Å². The number of hydrogen-bond acceptors (Lipinski definition) is 3. The zero-order valence-electron chi connectivity index (χ0n) is 12.0. The molecular weight excluding hydrogens is 240 g/mol. The van der Waals surface area contributed by atoms with Crippen molar-refractivity contribution in [3.05, 3.63) is 29.8 Å². The summed E-state index contributed by atoms with van der Waals surface area (Å²) in [5, 5.41) is 2.92. The van der Waals surface area contributed by atoms with Crippen LogP contribution in [0.25, 0.3) is 0 Å². The van der Waals surface area contributed by atoms with Crippen LogP contribution in [-0.4, -0.2) is 19.1 Å². The van der Waals surface area contributed by atoms with Crippen molar-refractivity contribution < 1.29 is 9.53 Å². The molecule has 0 bridgehead atoms. The average molecular weight is 264 g/mol. The number of nitrogens with one attached hydrogen (secondary N) is 1. The van der Waals surface area contributed by atoms with E-state index in [2.05, 4.69) is 5.32 Å². The van der Waals surface area contributed by atoms with Gasteiger partial charge >= 0.3 is 0 Å². The van der Waals surface area contributed by atoms with Crippen molar-refractivity contribution in [3.63, 3.8) is 0 Å². The second kappa shape index (κ2) is 7.79. The van der Waals surface area contributed by atoms with Crippen molar-refractivity contribution in [2.24, 2.45) is 17.6 Å². The number of nitrogens with two attached hydrogens (primary N) is 1. The molecule has 3 N–H and O–H groups in total. The third-order valence-corrected chi connectivity index (χ3v) is 3.10. The Morgan fingerprint density at radius 1 is 1.32 bits per heavy atom. The van der Waals surface area contributed by atoms with Crippen LogP contribution >= 0.6 is 0 Å². The summed E-state index contributed by atoms with van der Waals surface area (Å²) < 4.78 is 5.37. The highest BCUT2D eigenvalue weighted by Gasteiger charge is 2.19. The van der Waals surface area contributed by atoms with Gasteiger partial charge in [-0.15, -0.1) is 0 Å². The molecular formula is C15H24N2O2. The van der Waals surface area contributed by atoms with Crippen LogP contribution in [0.1, 0.15) is 26.3 Å². The molecule has 0 saturated carbocycles. The van der Waals surface area contributed by atoms with E-state index in [1.165, 1.54) is 0 Å². The lowest BCUT2D eigenvalue weighted by Gasteiger charge is -2.18. The van der Waals surface area contributed by atoms with Crippen LogP contribution in [0.3, 0.4) is 0 Å². The van der Waals surface area contributed by atoms with Gasteiger partial charge in [0, 0.05) is 13.1 Å². The van der Waals surface area contributed by atoms with E-state index in [1.54, 1.807) is 0 Å². The topological polar surface area (TPSA) is 64.3 Å². The van der Waals surface area contributed by atoms with Gasteiger partial charge in [-0.05, 0) is 30.5 Å². The second-order valence-electron chi connectivity index (χ2n) is 4.88. The first-order valence-corrected chi connectivity index (χ1v) is 6.78. The fourth-order valence-electron chi connectivity index (χ4n) is 1.87. The predicted molar refractivity (Wildman–Crippen MR) is 76.8 cm³/mol. The van der Waals surface area contributed by atoms with Gasteiger partial charge < -0.3 is 15.8 Å². The molecule has 0 aliphatic carbocycles. The van der Waals surface area contributed by atoms with E-state index in [4.69, 9.17) is 10.5 Å². The molecule has 0 spiro atoms. The number of hydrogen-bond donors (Lipinski definition) is 2. The van der Waals surface area contributed by atoms with E-state index < -0.39 is 0 Å². The monoisotopic (exact) mass is 264 g/mol. The summed E-state index contributed by atoms with van der Waals surface area (Å²) in [5.41, 5.74) is 6.67. The van der Waals surface area contributed by atoms with Crippen LogP contribution in [0.4, 0.5) is 0 Å². The quantitative estimate of drug-likeness (QED) is 0.791. The summed E-state index contributed by atoms with van der Waals surface area (Å²) in [4.78, 5) is 11.9. The molecule has 0 saturated heterocycles. The minimum atomic E-state index is -0.123. The maximum absolute atomic E-state index is 11.9. The molecule has 4 nitrogen and oxygen atoms in total. The minimum Gasteiger partial charge on any atom is -0.494 e. The number of carbonyl (C=O) groups is 1. The van der Waals surface area contributed by atoms with Crippen LogP contribution in [0, 0.1) is 11.8 Å². The standard InChI is InChI=1S/C15H24N2O2/c1-4-19-13-7-5-12(6-8-13)10-17-15(18)14(9-16)11(2)3/h5-8,11,14H,4,9-10,16H2,1-3H3,(H,17,18). The highest BCUT2D eigenvalue weighted by atomic mass is 16.5. The number of rotatable bonds is 7. The zero-order chi connectivity index (χ0) is 14.3. The highest BCUT2D eigenvalue weighted by Crippen LogP contribution is 2.13. The number of carbonyl (C=O) groups excluding carboxylic acids is 1. The van der Waals surface area contributed by atoms with Gasteiger partial charge in [-0.3, -0.25) is 4.79 Å². The van der Waals surface area contributed by atoms with Gasteiger partial charge in [0.25, 0.3) is 0 Å². The first kappa shape index (κ1) is 15.5. The highest BCUT2D eigenvalue weighted by molar-refractivity contribution is 5.79. The molecule has 0 aromatic heterocycles. The van der Waals surface area contributed by atoms with E-state index in [-0.39, 0.29) is 17.7 Å². The van der Waals surface area contributed by atoms with Crippen molar-refractivity contribution in [1.82, 2.24) is 5.32 Å². The fourth-order valence-corrected chi connectivity index (χ4v) is 1.87. The maximum atomic E-state index is 11.9. The number of benzene rings is 1. The third kappa shape index (κ3) is 4.91. The summed E-state index contributed by atoms with van der Waals surface area (Å²) in [6, 6.07) is 7.73. The molecule has 0 heterocycles. The molecule has 1 aromatic rings. The van der Waals surface area contributed by atoms with Crippen LogP contribution in [0.5, 0.6) is 5.75 Å². The van der Waals surface area contributed by atoms with Gasteiger partial charge in [-0.2, -0.15) is 0 Å². The van der Waals surface area contributed by atoms with E-state index in [0.29, 0.717) is 19.7 Å². The number of amides is 1. The minimum absolute atomic E-state index is 0.0198. The Kier molecular flexibility index (Phi) is 6.36. The van der Waals surface area contributed by atoms with Crippen molar-refractivity contribution in [2.45, 2.75) is 27.3 Å². The largest absolute Gasteiger partial charge is 0.494 e. The third-order valence-electron chi connectivity index (χ3n) is 3.10. The van der Waals surface area contributed by atoms with Gasteiger partial charge in [-0.1, -0.05) is 26.0 Å². The fraction of sp³-hybridized carbons (Fsp3) is 0.533. The van der Waals surface area contributed by atoms with Gasteiger partial charge in [0.15, 0.2) is 0 Å². The van der Waals surface area contributed by atoms with Crippen LogP contribution in [0.15, 0.2) is 24.3 Å². The Labute approximate surface area is 115 Å². The van der Waals surface area contributed by atoms with E-state index in [0.717, 1.165) is 11.3 Å². The van der Waals surface area contributed by atoms with E-state index in [1.807, 2.05) is 45.0 Å². The zero-order valence-corrected chi connectivity index (χ0v) is 12.0.